The van der Waals surface area contributed by atoms with Crippen LogP contribution in [0.2, 0.25) is 0 Å². The van der Waals surface area contributed by atoms with E-state index in [9.17, 15) is 10.2 Å². The number of rotatable bonds is 9. The van der Waals surface area contributed by atoms with E-state index in [2.05, 4.69) is 0 Å². The van der Waals surface area contributed by atoms with Gasteiger partial charge in [0, 0.05) is 11.1 Å². The Morgan fingerprint density at radius 2 is 0.824 bits per heavy atom. The Kier molecular flexibility index (Phi) is 7.01. The van der Waals surface area contributed by atoms with E-state index < -0.39 is 11.2 Å². The lowest BCUT2D eigenvalue weighted by Gasteiger charge is -2.46. The van der Waals surface area contributed by atoms with E-state index in [1.165, 1.54) is 0 Å². The summed E-state index contributed by atoms with van der Waals surface area (Å²) >= 11 is 0. The molecule has 174 valence electrons. The van der Waals surface area contributed by atoms with Gasteiger partial charge in [-0.2, -0.15) is 0 Å². The standard InChI is InChI=1S/C30H30O4/c1-3-33-27-21-13-11-19-25(27)29(31,23-15-7-5-8-16-23)30(32,24-17-9-6-10-18-24)26-20-12-14-22-28(26)34-4-2/h5-22,31-32H,3-4H2,1-2H3. The molecule has 2 atom stereocenters. The summed E-state index contributed by atoms with van der Waals surface area (Å²) in [6, 6.07) is 33.1. The van der Waals surface area contributed by atoms with Crippen LogP contribution in [0.1, 0.15) is 36.1 Å². The van der Waals surface area contributed by atoms with Crippen molar-refractivity contribution in [3.63, 3.8) is 0 Å². The third-order valence-electron chi connectivity index (χ3n) is 6.06. The molecule has 0 aliphatic heterocycles. The van der Waals surface area contributed by atoms with Gasteiger partial charge in [0.25, 0.3) is 0 Å². The van der Waals surface area contributed by atoms with Crippen molar-refractivity contribution in [3.05, 3.63) is 131 Å². The first-order valence-corrected chi connectivity index (χ1v) is 11.6. The fourth-order valence-corrected chi connectivity index (χ4v) is 4.57. The Morgan fingerprint density at radius 1 is 0.500 bits per heavy atom. The van der Waals surface area contributed by atoms with Gasteiger partial charge in [-0.1, -0.05) is 97.1 Å². The molecular weight excluding hydrogens is 424 g/mol. The average molecular weight is 455 g/mol. The minimum absolute atomic E-state index is 0.418. The molecule has 0 aliphatic rings. The maximum Gasteiger partial charge on any atom is 0.155 e. The van der Waals surface area contributed by atoms with Crippen molar-refractivity contribution < 1.29 is 19.7 Å². The Bertz CT molecular complexity index is 1110. The third kappa shape index (κ3) is 3.96. The molecule has 0 bridgehead atoms. The molecule has 0 fully saturated rings. The van der Waals surface area contributed by atoms with Crippen molar-refractivity contribution in [2.45, 2.75) is 25.0 Å². The quantitative estimate of drug-likeness (QED) is 0.343. The molecule has 4 aromatic rings. The molecule has 4 rings (SSSR count). The monoisotopic (exact) mass is 454 g/mol. The van der Waals surface area contributed by atoms with Crippen LogP contribution in [-0.4, -0.2) is 23.4 Å². The summed E-state index contributed by atoms with van der Waals surface area (Å²) in [6.45, 7) is 4.63. The topological polar surface area (TPSA) is 58.9 Å². The second kappa shape index (κ2) is 10.1. The van der Waals surface area contributed by atoms with Crippen LogP contribution in [0.15, 0.2) is 109 Å². The Hall–Kier alpha value is -3.60. The molecule has 0 aliphatic carbocycles. The molecule has 0 spiro atoms. The fourth-order valence-electron chi connectivity index (χ4n) is 4.57. The normalized spacial score (nSPS) is 14.6. The van der Waals surface area contributed by atoms with Crippen LogP contribution >= 0.6 is 0 Å². The van der Waals surface area contributed by atoms with Crippen molar-refractivity contribution in [1.82, 2.24) is 0 Å². The van der Waals surface area contributed by atoms with Gasteiger partial charge >= 0.3 is 0 Å². The highest BCUT2D eigenvalue weighted by Crippen LogP contribution is 2.53. The van der Waals surface area contributed by atoms with E-state index >= 15 is 0 Å². The van der Waals surface area contributed by atoms with Gasteiger partial charge in [-0.05, 0) is 37.1 Å². The van der Waals surface area contributed by atoms with Gasteiger partial charge in [0.05, 0.1) is 13.2 Å². The highest BCUT2D eigenvalue weighted by Gasteiger charge is 2.56. The van der Waals surface area contributed by atoms with Crippen LogP contribution in [0, 0.1) is 0 Å². The second-order valence-electron chi connectivity index (χ2n) is 8.01. The summed E-state index contributed by atoms with van der Waals surface area (Å²) in [5.41, 5.74) is -1.87. The first kappa shape index (κ1) is 23.6. The number of aliphatic hydroxyl groups is 2. The van der Waals surface area contributed by atoms with E-state index in [1.807, 2.05) is 111 Å². The zero-order valence-electron chi connectivity index (χ0n) is 19.5. The van der Waals surface area contributed by atoms with E-state index in [4.69, 9.17) is 9.47 Å². The smallest absolute Gasteiger partial charge is 0.155 e. The minimum atomic E-state index is -1.92. The molecular formula is C30H30O4. The second-order valence-corrected chi connectivity index (χ2v) is 8.01. The van der Waals surface area contributed by atoms with Crippen molar-refractivity contribution in [1.29, 1.82) is 0 Å². The zero-order valence-corrected chi connectivity index (χ0v) is 19.5. The van der Waals surface area contributed by atoms with Crippen molar-refractivity contribution in [2.24, 2.45) is 0 Å². The van der Waals surface area contributed by atoms with Crippen LogP contribution in [0.25, 0.3) is 0 Å². The summed E-state index contributed by atoms with van der Waals surface area (Å²) in [5, 5.41) is 25.8. The predicted octanol–water partition coefficient (Wildman–Crippen LogP) is 5.66. The molecule has 0 aromatic heterocycles. The summed E-state index contributed by atoms with van der Waals surface area (Å²) in [5.74, 6) is 0.999. The molecule has 34 heavy (non-hydrogen) atoms. The predicted molar refractivity (Wildman–Crippen MR) is 134 cm³/mol. The minimum Gasteiger partial charge on any atom is -0.493 e. The van der Waals surface area contributed by atoms with Crippen LogP contribution in [-0.2, 0) is 11.2 Å². The number of ether oxygens (including phenoxy) is 2. The fraction of sp³-hybridized carbons (Fsp3) is 0.200. The summed E-state index contributed by atoms with van der Waals surface area (Å²) in [6.07, 6.45) is 0. The third-order valence-corrected chi connectivity index (χ3v) is 6.06. The zero-order chi connectivity index (χ0) is 24.0. The van der Waals surface area contributed by atoms with Crippen LogP contribution in [0.4, 0.5) is 0 Å². The summed E-state index contributed by atoms with van der Waals surface area (Å²) in [4.78, 5) is 0. The van der Waals surface area contributed by atoms with E-state index in [0.717, 1.165) is 0 Å². The lowest BCUT2D eigenvalue weighted by molar-refractivity contribution is -0.115. The molecule has 2 unspecified atom stereocenters. The van der Waals surface area contributed by atoms with Crippen molar-refractivity contribution in [3.8, 4) is 11.5 Å². The lowest BCUT2D eigenvalue weighted by Crippen LogP contribution is -2.51. The summed E-state index contributed by atoms with van der Waals surface area (Å²) in [7, 11) is 0. The van der Waals surface area contributed by atoms with E-state index in [-0.39, 0.29) is 0 Å². The highest BCUT2D eigenvalue weighted by molar-refractivity contribution is 5.57. The molecule has 4 heteroatoms. The van der Waals surface area contributed by atoms with Gasteiger partial charge < -0.3 is 19.7 Å². The number of hydrogen-bond donors (Lipinski definition) is 2. The van der Waals surface area contributed by atoms with Gasteiger partial charge in [-0.15, -0.1) is 0 Å². The molecule has 0 heterocycles. The molecule has 0 radical (unpaired) electrons. The van der Waals surface area contributed by atoms with Crippen LogP contribution in [0.5, 0.6) is 11.5 Å². The first-order valence-electron chi connectivity index (χ1n) is 11.6. The van der Waals surface area contributed by atoms with E-state index in [1.54, 1.807) is 12.1 Å². The maximum absolute atomic E-state index is 12.9. The average Bonchev–Trinajstić information content (AvgIpc) is 2.90. The van der Waals surface area contributed by atoms with Crippen LogP contribution in [0.3, 0.4) is 0 Å². The van der Waals surface area contributed by atoms with Crippen molar-refractivity contribution >= 4 is 0 Å². The largest absolute Gasteiger partial charge is 0.493 e. The van der Waals surface area contributed by atoms with Gasteiger partial charge in [-0.3, -0.25) is 0 Å². The number of para-hydroxylation sites is 2. The highest BCUT2D eigenvalue weighted by atomic mass is 16.5. The molecule has 2 N–H and O–H groups in total. The molecule has 0 saturated heterocycles. The SMILES string of the molecule is CCOc1ccccc1C(O)(c1ccccc1)C(O)(c1ccccc1)c1ccccc1OCC. The Morgan fingerprint density at radius 3 is 1.18 bits per heavy atom. The number of hydrogen-bond acceptors (Lipinski definition) is 4. The Labute approximate surface area is 201 Å². The maximum atomic E-state index is 12.9. The Balaban J connectivity index is 2.14. The van der Waals surface area contributed by atoms with Crippen LogP contribution < -0.4 is 9.47 Å². The molecule has 4 nitrogen and oxygen atoms in total. The van der Waals surface area contributed by atoms with Gasteiger partial charge in [0.1, 0.15) is 11.5 Å². The van der Waals surface area contributed by atoms with Gasteiger partial charge in [0.15, 0.2) is 11.2 Å². The molecule has 4 aromatic carbocycles. The first-order chi connectivity index (χ1) is 16.6. The summed E-state index contributed by atoms with van der Waals surface area (Å²) < 4.78 is 11.9. The van der Waals surface area contributed by atoms with Gasteiger partial charge in [-0.25, -0.2) is 0 Å². The van der Waals surface area contributed by atoms with Crippen molar-refractivity contribution in [2.75, 3.05) is 13.2 Å². The van der Waals surface area contributed by atoms with E-state index in [0.29, 0.717) is 47.0 Å². The van der Waals surface area contributed by atoms with Gasteiger partial charge in [0.2, 0.25) is 0 Å². The molecule has 0 amide bonds. The molecule has 0 saturated carbocycles. The lowest BCUT2D eigenvalue weighted by atomic mass is 9.66. The number of benzene rings is 4.